The molecule has 0 saturated carbocycles. The Kier molecular flexibility index (Phi) is 10.3. The quantitative estimate of drug-likeness (QED) is 0.138. The topological polar surface area (TPSA) is 143 Å². The van der Waals surface area contributed by atoms with Crippen LogP contribution in [0, 0.1) is 0 Å². The van der Waals surface area contributed by atoms with Crippen molar-refractivity contribution in [3.63, 3.8) is 0 Å². The molecule has 4 aromatic carbocycles. The van der Waals surface area contributed by atoms with Crippen molar-refractivity contribution in [3.8, 4) is 23.0 Å². The Morgan fingerprint density at radius 3 is 1.23 bits per heavy atom. The number of hydrogen-bond acceptors (Lipinski definition) is 12. The van der Waals surface area contributed by atoms with Gasteiger partial charge in [-0.15, -0.1) is 0 Å². The normalized spacial score (nSPS) is 16.2. The number of aromatic hydroxyl groups is 4. The number of phenols is 4. The zero-order valence-electron chi connectivity index (χ0n) is 36.9. The monoisotopic (exact) mass is 848 g/mol. The molecule has 0 aliphatic carbocycles. The van der Waals surface area contributed by atoms with Crippen LogP contribution in [0.5, 0.6) is 23.0 Å². The van der Waals surface area contributed by atoms with Crippen molar-refractivity contribution in [3.05, 3.63) is 166 Å². The van der Waals surface area contributed by atoms with Gasteiger partial charge in [0.1, 0.15) is 23.0 Å². The summed E-state index contributed by atoms with van der Waals surface area (Å²) in [5, 5.41) is 48.3. The molecule has 0 spiro atoms. The van der Waals surface area contributed by atoms with E-state index >= 15 is 0 Å². The van der Waals surface area contributed by atoms with Gasteiger partial charge in [0.15, 0.2) is 0 Å². The first-order valence-corrected chi connectivity index (χ1v) is 20.7. The molecule has 0 radical (unpaired) electrons. The fourth-order valence-corrected chi connectivity index (χ4v) is 8.18. The molecular formula is C52H48N8O4. The third-order valence-electron chi connectivity index (χ3n) is 11.6. The summed E-state index contributed by atoms with van der Waals surface area (Å²) >= 11 is 0. The summed E-state index contributed by atoms with van der Waals surface area (Å²) in [6.07, 6.45) is 15.2. The Balaban J connectivity index is 1.47. The van der Waals surface area contributed by atoms with E-state index in [0.717, 1.165) is 22.7 Å². The summed E-state index contributed by atoms with van der Waals surface area (Å²) in [6.45, 7) is 0. The second kappa shape index (κ2) is 16.0. The van der Waals surface area contributed by atoms with Gasteiger partial charge in [0.05, 0.1) is 45.6 Å². The summed E-state index contributed by atoms with van der Waals surface area (Å²) < 4.78 is 0. The molecule has 8 bridgehead atoms. The molecule has 0 atom stereocenters. The third kappa shape index (κ3) is 7.48. The summed E-state index contributed by atoms with van der Waals surface area (Å²) in [4.78, 5) is 28.2. The fourth-order valence-electron chi connectivity index (χ4n) is 8.18. The average molecular weight is 849 g/mol. The van der Waals surface area contributed by atoms with Crippen molar-refractivity contribution < 1.29 is 20.4 Å². The summed E-state index contributed by atoms with van der Waals surface area (Å²) in [5.74, 6) is -0.0577. The molecule has 4 aromatic rings. The summed E-state index contributed by atoms with van der Waals surface area (Å²) in [5.41, 5.74) is 11.3. The van der Waals surface area contributed by atoms with Crippen LogP contribution in [0.3, 0.4) is 0 Å². The first-order valence-electron chi connectivity index (χ1n) is 20.7. The highest BCUT2D eigenvalue weighted by Crippen LogP contribution is 2.51. The molecule has 12 heteroatoms. The Hall–Kier alpha value is -8.12. The fraction of sp³-hybridized carbons (Fsp3) is 0.154. The molecule has 0 fully saturated rings. The lowest BCUT2D eigenvalue weighted by molar-refractivity contribution is 0.472. The van der Waals surface area contributed by atoms with Crippen molar-refractivity contribution in [2.24, 2.45) is 20.0 Å². The Bertz CT molecular complexity index is 3090. The van der Waals surface area contributed by atoms with E-state index in [-0.39, 0.29) is 23.0 Å². The van der Waals surface area contributed by atoms with Crippen LogP contribution in [0.4, 0.5) is 22.7 Å². The lowest BCUT2D eigenvalue weighted by atomic mass is 9.84. The molecule has 0 amide bonds. The molecule has 5 aliphatic rings. The first kappa shape index (κ1) is 41.2. The van der Waals surface area contributed by atoms with Gasteiger partial charge in [0.25, 0.3) is 0 Å². The van der Waals surface area contributed by atoms with Crippen molar-refractivity contribution >= 4 is 67.9 Å². The molecule has 5 heterocycles. The van der Waals surface area contributed by atoms with Gasteiger partial charge in [0.2, 0.25) is 0 Å². The number of phenolic OH excluding ortho intramolecular Hbond substituents is 4. The largest absolute Gasteiger partial charge is 0.507 e. The molecule has 64 heavy (non-hydrogen) atoms. The molecule has 320 valence electrons. The lowest BCUT2D eigenvalue weighted by Gasteiger charge is -2.21. The smallest absolute Gasteiger partial charge is 0.125 e. The van der Waals surface area contributed by atoms with Gasteiger partial charge in [-0.05, 0) is 97.1 Å². The number of allylic oxidation sites excluding steroid dienone is 12. The highest BCUT2D eigenvalue weighted by Gasteiger charge is 2.36. The molecule has 12 nitrogen and oxygen atoms in total. The van der Waals surface area contributed by atoms with Crippen molar-refractivity contribution in [2.45, 2.75) is 0 Å². The Morgan fingerprint density at radius 2 is 0.781 bits per heavy atom. The van der Waals surface area contributed by atoms with E-state index in [9.17, 15) is 20.4 Å². The van der Waals surface area contributed by atoms with Crippen LogP contribution >= 0.6 is 0 Å². The van der Waals surface area contributed by atoms with Crippen LogP contribution in [0.1, 0.15) is 22.3 Å². The van der Waals surface area contributed by atoms with Gasteiger partial charge in [-0.1, -0.05) is 0 Å². The second-order valence-electron chi connectivity index (χ2n) is 16.8. The number of rotatable bonds is 8. The number of anilines is 4. The maximum atomic E-state index is 12.2. The van der Waals surface area contributed by atoms with Crippen LogP contribution in [-0.2, 0) is 0 Å². The predicted molar refractivity (Wildman–Crippen MR) is 264 cm³/mol. The molecule has 9 rings (SSSR count). The second-order valence-corrected chi connectivity index (χ2v) is 16.8. The van der Waals surface area contributed by atoms with Gasteiger partial charge < -0.3 is 40.0 Å². The van der Waals surface area contributed by atoms with Crippen molar-refractivity contribution in [1.29, 1.82) is 0 Å². The predicted octanol–water partition coefficient (Wildman–Crippen LogP) is 8.77. The Morgan fingerprint density at radius 1 is 0.375 bits per heavy atom. The number of nitrogens with zero attached hydrogens (tertiary/aromatic N) is 8. The Labute approximate surface area is 372 Å². The number of hydrogen-bond donors (Lipinski definition) is 4. The summed E-state index contributed by atoms with van der Waals surface area (Å²) in [7, 11) is 15.2. The molecule has 0 aromatic heterocycles. The first-order chi connectivity index (χ1) is 30.6. The number of benzene rings is 4. The minimum Gasteiger partial charge on any atom is -0.507 e. The van der Waals surface area contributed by atoms with E-state index in [1.54, 1.807) is 24.3 Å². The lowest BCUT2D eigenvalue weighted by Crippen LogP contribution is -2.11. The zero-order valence-corrected chi connectivity index (χ0v) is 36.9. The SMILES string of the molecule is CN(C)c1ccc(C2=CC3=CC4=NC(=CC5=NC(=CC6=NC(=C(c7ccc(N(C)C)cc7O)C2=N3)C(c2ccc(N(C)C)cc2O)=C6c2ccc(N(C)C)cc2O)C=C5)C=C4)c(O)c1. The van der Waals surface area contributed by atoms with E-state index < -0.39 is 0 Å². The number of fused-ring (bicyclic) bond motifs is 4. The number of aliphatic imine (C=N–C) groups is 4. The molecular weight excluding hydrogens is 801 g/mol. The molecule has 4 N–H and O–H groups in total. The highest BCUT2D eigenvalue weighted by atomic mass is 16.3. The van der Waals surface area contributed by atoms with E-state index in [1.165, 1.54) is 0 Å². The van der Waals surface area contributed by atoms with Gasteiger partial charge in [-0.3, -0.25) is 0 Å². The van der Waals surface area contributed by atoms with Gasteiger partial charge in [-0.25, -0.2) is 20.0 Å². The minimum absolute atomic E-state index is 0.00618. The standard InChI is InChI=1S/C52H48N8O4/c1-57(2)34-13-17-38(44(61)25-34)42-23-33-22-31-10-9-29(53-31)21-30-11-12-32(54-30)24-43-48(39-18-14-35(58(3)4)26-45(39)62)49(40-19-15-36(59(5)6)27-46(40)63)52(56-43)50(51(42)55-33)41-20-16-37(60(7)8)28-47(41)64/h9-28,61-64H,1-8H3. The van der Waals surface area contributed by atoms with Gasteiger partial charge in [0, 0.05) is 148 Å². The van der Waals surface area contributed by atoms with Crippen LogP contribution in [0.15, 0.2) is 164 Å². The summed E-state index contributed by atoms with van der Waals surface area (Å²) in [6, 6.07) is 21.8. The average Bonchev–Trinajstić information content (AvgIpc) is 4.06. The van der Waals surface area contributed by atoms with Crippen LogP contribution < -0.4 is 19.6 Å². The molecule has 5 aliphatic heterocycles. The van der Waals surface area contributed by atoms with Crippen molar-refractivity contribution in [1.82, 2.24) is 0 Å². The van der Waals surface area contributed by atoms with E-state index in [2.05, 4.69) is 0 Å². The van der Waals surface area contributed by atoms with Crippen LogP contribution in [0.2, 0.25) is 0 Å². The van der Waals surface area contributed by atoms with Crippen LogP contribution in [-0.4, -0.2) is 99.7 Å². The van der Waals surface area contributed by atoms with E-state index in [1.807, 2.05) is 173 Å². The maximum absolute atomic E-state index is 12.2. The third-order valence-corrected chi connectivity index (χ3v) is 11.6. The highest BCUT2D eigenvalue weighted by molar-refractivity contribution is 6.51. The van der Waals surface area contributed by atoms with E-state index in [4.69, 9.17) is 20.0 Å². The molecule has 0 unspecified atom stereocenters. The van der Waals surface area contributed by atoms with E-state index in [0.29, 0.717) is 90.2 Å². The minimum atomic E-state index is -0.0473. The van der Waals surface area contributed by atoms with Gasteiger partial charge in [-0.2, -0.15) is 0 Å². The van der Waals surface area contributed by atoms with Crippen molar-refractivity contribution in [2.75, 3.05) is 76.0 Å². The molecule has 0 saturated heterocycles. The van der Waals surface area contributed by atoms with Gasteiger partial charge >= 0.3 is 0 Å². The van der Waals surface area contributed by atoms with Crippen LogP contribution in [0.25, 0.3) is 22.3 Å². The zero-order chi connectivity index (χ0) is 45.1. The maximum Gasteiger partial charge on any atom is 0.125 e.